The number of hydrogen-bond acceptors (Lipinski definition) is 2. The molecule has 0 aliphatic heterocycles. The summed E-state index contributed by atoms with van der Waals surface area (Å²) < 4.78 is 19.5. The third-order valence-electron chi connectivity index (χ3n) is 4.30. The molecule has 124 valence electrons. The summed E-state index contributed by atoms with van der Waals surface area (Å²) in [6, 6.07) is 15.2. The van der Waals surface area contributed by atoms with Gasteiger partial charge in [-0.2, -0.15) is 0 Å². The fourth-order valence-corrected chi connectivity index (χ4v) is 2.86. The van der Waals surface area contributed by atoms with E-state index in [0.29, 0.717) is 16.9 Å². The molecule has 0 unspecified atom stereocenters. The zero-order chi connectivity index (χ0) is 17.6. The molecule has 5 heteroatoms. The van der Waals surface area contributed by atoms with Crippen molar-refractivity contribution in [2.75, 3.05) is 0 Å². The minimum Gasteiger partial charge on any atom is -0.478 e. The largest absolute Gasteiger partial charge is 0.478 e. The number of halogens is 1. The summed E-state index contributed by atoms with van der Waals surface area (Å²) in [5.74, 6) is -0.591. The second kappa shape index (κ2) is 5.63. The van der Waals surface area contributed by atoms with Crippen LogP contribution in [0.4, 0.5) is 4.39 Å². The fourth-order valence-electron chi connectivity index (χ4n) is 2.86. The lowest BCUT2D eigenvalue weighted by Crippen LogP contribution is -1.94. The molecule has 0 saturated heterocycles. The first-order chi connectivity index (χ1) is 12.0. The highest BCUT2D eigenvalue weighted by Crippen LogP contribution is 2.31. The van der Waals surface area contributed by atoms with Crippen molar-refractivity contribution in [1.82, 2.24) is 4.98 Å². The van der Waals surface area contributed by atoms with Gasteiger partial charge in [0.05, 0.1) is 11.3 Å². The number of H-pyrrole nitrogens is 1. The highest BCUT2D eigenvalue weighted by atomic mass is 19.1. The Bertz CT molecular complexity index is 1090. The lowest BCUT2D eigenvalue weighted by molar-refractivity contribution is 0.0697. The Balaban J connectivity index is 1.71. The van der Waals surface area contributed by atoms with Crippen molar-refractivity contribution in [2.45, 2.75) is 6.92 Å². The van der Waals surface area contributed by atoms with Gasteiger partial charge in [0.25, 0.3) is 0 Å². The number of aromatic carboxylic acids is 1. The Kier molecular flexibility index (Phi) is 3.42. The molecule has 2 heterocycles. The molecular weight excluding hydrogens is 321 g/mol. The number of hydrogen-bond donors (Lipinski definition) is 2. The second-order valence-electron chi connectivity index (χ2n) is 5.86. The topological polar surface area (TPSA) is 66.2 Å². The Morgan fingerprint density at radius 1 is 1.04 bits per heavy atom. The zero-order valence-electron chi connectivity index (χ0n) is 13.3. The molecule has 0 fully saturated rings. The summed E-state index contributed by atoms with van der Waals surface area (Å²) in [6.07, 6.45) is 0. The molecule has 2 aromatic carbocycles. The zero-order valence-corrected chi connectivity index (χ0v) is 13.3. The van der Waals surface area contributed by atoms with Crippen LogP contribution in [0.15, 0.2) is 59.0 Å². The minimum absolute atomic E-state index is 0.241. The van der Waals surface area contributed by atoms with Crippen molar-refractivity contribution < 1.29 is 18.7 Å². The second-order valence-corrected chi connectivity index (χ2v) is 5.86. The van der Waals surface area contributed by atoms with Crippen LogP contribution in [0.3, 0.4) is 0 Å². The van der Waals surface area contributed by atoms with Gasteiger partial charge in [0.15, 0.2) is 5.76 Å². The molecular formula is C20H14FNO3. The van der Waals surface area contributed by atoms with Crippen molar-refractivity contribution in [1.29, 1.82) is 0 Å². The summed E-state index contributed by atoms with van der Waals surface area (Å²) >= 11 is 0. The van der Waals surface area contributed by atoms with Gasteiger partial charge in [-0.25, -0.2) is 9.18 Å². The van der Waals surface area contributed by atoms with Crippen LogP contribution in [0.2, 0.25) is 0 Å². The van der Waals surface area contributed by atoms with Crippen LogP contribution in [0, 0.1) is 12.7 Å². The molecule has 0 amide bonds. The highest BCUT2D eigenvalue weighted by molar-refractivity contribution is 5.88. The van der Waals surface area contributed by atoms with Gasteiger partial charge in [0.2, 0.25) is 0 Å². The van der Waals surface area contributed by atoms with E-state index in [1.807, 2.05) is 18.2 Å². The lowest BCUT2D eigenvalue weighted by atomic mass is 10.1. The van der Waals surface area contributed by atoms with Gasteiger partial charge in [-0.3, -0.25) is 0 Å². The SMILES string of the molecule is Cc1c(F)ccc2oc(-c3ccc(-c4ccc(C(=O)O)cc4)[nH]3)cc12. The van der Waals surface area contributed by atoms with E-state index in [1.165, 1.54) is 6.07 Å². The lowest BCUT2D eigenvalue weighted by Gasteiger charge is -1.99. The number of carbonyl (C=O) groups is 1. The fraction of sp³-hybridized carbons (Fsp3) is 0.0500. The predicted octanol–water partition coefficient (Wildman–Crippen LogP) is 5.24. The standard InChI is InChI=1S/C20H14FNO3/c1-11-14-10-19(25-18(14)9-6-15(11)21)17-8-7-16(22-17)12-2-4-13(5-3-12)20(23)24/h2-10,22H,1H3,(H,23,24). The Hall–Kier alpha value is -3.34. The molecule has 2 aromatic heterocycles. The van der Waals surface area contributed by atoms with Crippen LogP contribution in [0.1, 0.15) is 15.9 Å². The molecule has 0 saturated carbocycles. The van der Waals surface area contributed by atoms with Gasteiger partial charge in [-0.15, -0.1) is 0 Å². The predicted molar refractivity (Wildman–Crippen MR) is 93.1 cm³/mol. The highest BCUT2D eigenvalue weighted by Gasteiger charge is 2.12. The summed E-state index contributed by atoms with van der Waals surface area (Å²) in [5.41, 5.74) is 3.92. The van der Waals surface area contributed by atoms with E-state index in [4.69, 9.17) is 9.52 Å². The smallest absolute Gasteiger partial charge is 0.335 e. The van der Waals surface area contributed by atoms with Crippen molar-refractivity contribution in [3.05, 3.63) is 71.5 Å². The maximum Gasteiger partial charge on any atom is 0.335 e. The molecule has 0 atom stereocenters. The third-order valence-corrected chi connectivity index (χ3v) is 4.30. The normalized spacial score (nSPS) is 11.1. The molecule has 25 heavy (non-hydrogen) atoms. The third kappa shape index (κ3) is 2.59. The van der Waals surface area contributed by atoms with Gasteiger partial charge in [-0.05, 0) is 60.5 Å². The molecule has 0 bridgehead atoms. The first-order valence-corrected chi connectivity index (χ1v) is 7.75. The van der Waals surface area contributed by atoms with Gasteiger partial charge in [0.1, 0.15) is 11.4 Å². The van der Waals surface area contributed by atoms with Gasteiger partial charge in [0, 0.05) is 11.1 Å². The van der Waals surface area contributed by atoms with E-state index in [9.17, 15) is 9.18 Å². The average molecular weight is 335 g/mol. The summed E-state index contributed by atoms with van der Waals surface area (Å²) in [7, 11) is 0. The van der Waals surface area contributed by atoms with Gasteiger partial charge < -0.3 is 14.5 Å². The van der Waals surface area contributed by atoms with E-state index in [2.05, 4.69) is 4.98 Å². The van der Waals surface area contributed by atoms with Crippen molar-refractivity contribution in [2.24, 2.45) is 0 Å². The van der Waals surface area contributed by atoms with E-state index >= 15 is 0 Å². The number of aromatic nitrogens is 1. The van der Waals surface area contributed by atoms with E-state index in [-0.39, 0.29) is 11.4 Å². The number of nitrogens with one attached hydrogen (secondary N) is 1. The maximum absolute atomic E-state index is 13.7. The van der Waals surface area contributed by atoms with Gasteiger partial charge >= 0.3 is 5.97 Å². The molecule has 0 aliphatic carbocycles. The number of rotatable bonds is 3. The molecule has 4 nitrogen and oxygen atoms in total. The van der Waals surface area contributed by atoms with Crippen molar-refractivity contribution >= 4 is 16.9 Å². The van der Waals surface area contributed by atoms with Crippen LogP contribution >= 0.6 is 0 Å². The number of benzene rings is 2. The maximum atomic E-state index is 13.7. The summed E-state index contributed by atoms with van der Waals surface area (Å²) in [5, 5.41) is 9.71. The first kappa shape index (κ1) is 15.2. The summed E-state index contributed by atoms with van der Waals surface area (Å²) in [6.45, 7) is 1.72. The van der Waals surface area contributed by atoms with Crippen LogP contribution < -0.4 is 0 Å². The monoisotopic (exact) mass is 335 g/mol. The first-order valence-electron chi connectivity index (χ1n) is 7.75. The van der Waals surface area contributed by atoms with Crippen LogP contribution in [0.25, 0.3) is 33.7 Å². The molecule has 2 N–H and O–H groups in total. The van der Waals surface area contributed by atoms with E-state index in [1.54, 1.807) is 37.3 Å². The average Bonchev–Trinajstić information content (AvgIpc) is 3.25. The van der Waals surface area contributed by atoms with E-state index < -0.39 is 5.97 Å². The van der Waals surface area contributed by atoms with Crippen molar-refractivity contribution in [3.8, 4) is 22.7 Å². The van der Waals surface area contributed by atoms with Crippen LogP contribution in [-0.4, -0.2) is 16.1 Å². The summed E-state index contributed by atoms with van der Waals surface area (Å²) in [4.78, 5) is 14.2. The number of fused-ring (bicyclic) bond motifs is 1. The molecule has 0 aliphatic rings. The minimum atomic E-state index is -0.955. The Morgan fingerprint density at radius 3 is 2.48 bits per heavy atom. The molecule has 0 radical (unpaired) electrons. The number of furan rings is 1. The number of carboxylic acid groups (broad SMARTS) is 1. The number of aryl methyl sites for hydroxylation is 1. The van der Waals surface area contributed by atoms with E-state index in [0.717, 1.165) is 22.3 Å². The van der Waals surface area contributed by atoms with Crippen LogP contribution in [0.5, 0.6) is 0 Å². The van der Waals surface area contributed by atoms with Gasteiger partial charge in [-0.1, -0.05) is 12.1 Å². The Labute approximate surface area is 142 Å². The quantitative estimate of drug-likeness (QED) is 0.538. The Morgan fingerprint density at radius 2 is 1.76 bits per heavy atom. The van der Waals surface area contributed by atoms with Crippen molar-refractivity contribution in [3.63, 3.8) is 0 Å². The molecule has 4 aromatic rings. The molecule has 4 rings (SSSR count). The molecule has 0 spiro atoms. The number of carboxylic acids is 1. The van der Waals surface area contributed by atoms with Crippen LogP contribution in [-0.2, 0) is 0 Å². The number of aromatic amines is 1.